The fourth-order valence-corrected chi connectivity index (χ4v) is 1.69. The molecule has 0 aromatic carbocycles. The van der Waals surface area contributed by atoms with E-state index in [1.165, 1.54) is 12.4 Å². The second kappa shape index (κ2) is 4.67. The highest BCUT2D eigenvalue weighted by molar-refractivity contribution is 9.10. The molecule has 0 saturated carbocycles. The average Bonchev–Trinajstić information content (AvgIpc) is 2.22. The van der Waals surface area contributed by atoms with Crippen LogP contribution in [0.1, 0.15) is 0 Å². The molecule has 0 fully saturated rings. The van der Waals surface area contributed by atoms with Gasteiger partial charge in [-0.25, -0.2) is 4.98 Å². The number of rotatable bonds is 2. The highest BCUT2D eigenvalue weighted by Crippen LogP contribution is 2.29. The lowest BCUT2D eigenvalue weighted by atomic mass is 10.4. The molecule has 2 N–H and O–H groups in total. The van der Waals surface area contributed by atoms with Gasteiger partial charge in [-0.2, -0.15) is 0 Å². The van der Waals surface area contributed by atoms with E-state index < -0.39 is 0 Å². The van der Waals surface area contributed by atoms with Crippen LogP contribution in [0.2, 0.25) is 5.02 Å². The van der Waals surface area contributed by atoms with Gasteiger partial charge in [0.15, 0.2) is 0 Å². The van der Waals surface area contributed by atoms with Crippen LogP contribution >= 0.6 is 27.5 Å². The van der Waals surface area contributed by atoms with Crippen LogP contribution in [-0.2, 0) is 0 Å². The minimum atomic E-state index is 0.415. The number of hydrogen-bond donors (Lipinski definition) is 1. The molecular weight excluding hydrogens is 293 g/mol. The predicted molar refractivity (Wildman–Crippen MR) is 65.7 cm³/mol. The number of nitrogens with zero attached hydrogens (tertiary/aromatic N) is 2. The maximum absolute atomic E-state index is 5.78. The van der Waals surface area contributed by atoms with Crippen molar-refractivity contribution in [1.82, 2.24) is 9.97 Å². The zero-order valence-electron chi connectivity index (χ0n) is 8.02. The lowest BCUT2D eigenvalue weighted by Gasteiger charge is -2.06. The summed E-state index contributed by atoms with van der Waals surface area (Å²) >= 11 is 9.08. The van der Waals surface area contributed by atoms with Gasteiger partial charge in [-0.15, -0.1) is 0 Å². The van der Waals surface area contributed by atoms with Gasteiger partial charge in [0.1, 0.15) is 5.75 Å². The van der Waals surface area contributed by atoms with Crippen LogP contribution in [0.4, 0.5) is 5.69 Å². The van der Waals surface area contributed by atoms with Crippen LogP contribution in [0.25, 0.3) is 0 Å². The summed E-state index contributed by atoms with van der Waals surface area (Å²) in [5.41, 5.74) is 6.12. The number of aromatic nitrogens is 2. The smallest absolute Gasteiger partial charge is 0.233 e. The van der Waals surface area contributed by atoms with Crippen LogP contribution in [0, 0.1) is 0 Å². The molecule has 0 unspecified atom stereocenters. The normalized spacial score (nSPS) is 10.1. The Hall–Kier alpha value is -1.33. The number of nitrogens with two attached hydrogens (primary N) is 1. The van der Waals surface area contributed by atoms with E-state index in [1.807, 2.05) is 0 Å². The lowest BCUT2D eigenvalue weighted by Crippen LogP contribution is -1.92. The molecule has 0 amide bonds. The number of pyridine rings is 2. The molecular formula is C10H7BrClN3O. The van der Waals surface area contributed by atoms with Crippen molar-refractivity contribution in [2.45, 2.75) is 0 Å². The molecule has 0 saturated heterocycles. The molecule has 4 nitrogen and oxygen atoms in total. The molecule has 2 heterocycles. The number of anilines is 1. The Morgan fingerprint density at radius 3 is 2.75 bits per heavy atom. The monoisotopic (exact) mass is 299 g/mol. The van der Waals surface area contributed by atoms with Gasteiger partial charge in [-0.3, -0.25) is 4.98 Å². The third-order valence-corrected chi connectivity index (χ3v) is 2.50. The minimum absolute atomic E-state index is 0.415. The summed E-state index contributed by atoms with van der Waals surface area (Å²) in [7, 11) is 0. The number of halogens is 2. The molecule has 2 aromatic rings. The fraction of sp³-hybridized carbons (Fsp3) is 0. The van der Waals surface area contributed by atoms with Gasteiger partial charge < -0.3 is 10.5 Å². The van der Waals surface area contributed by atoms with Crippen LogP contribution in [0.15, 0.2) is 35.2 Å². The lowest BCUT2D eigenvalue weighted by molar-refractivity contribution is 0.458. The number of nitrogen functional groups attached to an aromatic ring is 1. The highest BCUT2D eigenvalue weighted by atomic mass is 79.9. The first-order valence-electron chi connectivity index (χ1n) is 4.34. The zero-order chi connectivity index (χ0) is 11.5. The Kier molecular flexibility index (Phi) is 3.26. The average molecular weight is 301 g/mol. The second-order valence-electron chi connectivity index (χ2n) is 3.00. The van der Waals surface area contributed by atoms with Crippen molar-refractivity contribution in [2.75, 3.05) is 5.73 Å². The first-order chi connectivity index (χ1) is 7.65. The Bertz CT molecular complexity index is 521. The molecule has 16 heavy (non-hydrogen) atoms. The highest BCUT2D eigenvalue weighted by Gasteiger charge is 2.05. The summed E-state index contributed by atoms with van der Waals surface area (Å²) in [4.78, 5) is 7.94. The molecule has 0 atom stereocenters. The maximum atomic E-state index is 5.78. The van der Waals surface area contributed by atoms with Gasteiger partial charge in [0.2, 0.25) is 5.88 Å². The van der Waals surface area contributed by atoms with Gasteiger partial charge in [0.25, 0.3) is 0 Å². The maximum Gasteiger partial charge on any atom is 0.233 e. The van der Waals surface area contributed by atoms with Gasteiger partial charge in [-0.1, -0.05) is 11.6 Å². The van der Waals surface area contributed by atoms with Gasteiger partial charge in [-0.05, 0) is 22.0 Å². The Balaban J connectivity index is 2.27. The van der Waals surface area contributed by atoms with Crippen molar-refractivity contribution in [3.63, 3.8) is 0 Å². The molecule has 0 aliphatic carbocycles. The summed E-state index contributed by atoms with van der Waals surface area (Å²) in [5, 5.41) is 0.504. The fourth-order valence-electron chi connectivity index (χ4n) is 1.08. The van der Waals surface area contributed by atoms with Crippen LogP contribution in [0.5, 0.6) is 11.6 Å². The van der Waals surface area contributed by atoms with E-state index in [4.69, 9.17) is 22.1 Å². The van der Waals surface area contributed by atoms with Crippen molar-refractivity contribution in [1.29, 1.82) is 0 Å². The molecule has 82 valence electrons. The number of hydrogen-bond acceptors (Lipinski definition) is 4. The molecule has 6 heteroatoms. The topological polar surface area (TPSA) is 61.0 Å². The Labute approximate surface area is 106 Å². The quantitative estimate of drug-likeness (QED) is 0.924. The van der Waals surface area contributed by atoms with E-state index in [-0.39, 0.29) is 0 Å². The summed E-state index contributed by atoms with van der Waals surface area (Å²) in [6.45, 7) is 0. The summed E-state index contributed by atoms with van der Waals surface area (Å²) in [6.07, 6.45) is 4.59. The van der Waals surface area contributed by atoms with Gasteiger partial charge >= 0.3 is 0 Å². The third-order valence-electron chi connectivity index (χ3n) is 1.72. The van der Waals surface area contributed by atoms with E-state index in [1.54, 1.807) is 18.3 Å². The van der Waals surface area contributed by atoms with Crippen LogP contribution in [-0.4, -0.2) is 9.97 Å². The number of ether oxygens (including phenoxy) is 1. The summed E-state index contributed by atoms with van der Waals surface area (Å²) in [5.74, 6) is 0.934. The molecule has 0 aliphatic rings. The van der Waals surface area contributed by atoms with Crippen molar-refractivity contribution in [3.8, 4) is 11.6 Å². The van der Waals surface area contributed by atoms with Crippen molar-refractivity contribution >= 4 is 33.2 Å². The Morgan fingerprint density at radius 2 is 2.06 bits per heavy atom. The van der Waals surface area contributed by atoms with Gasteiger partial charge in [0.05, 0.1) is 27.6 Å². The molecule has 0 spiro atoms. The minimum Gasteiger partial charge on any atom is -0.436 e. The standard InChI is InChI=1S/C10H7BrClN3O/c11-9-2-7(13)4-15-10(9)16-8-1-6(12)3-14-5-8/h1-5H,13H2. The largest absolute Gasteiger partial charge is 0.436 e. The SMILES string of the molecule is Nc1cnc(Oc2cncc(Cl)c2)c(Br)c1. The van der Waals surface area contributed by atoms with E-state index in [0.29, 0.717) is 26.8 Å². The summed E-state index contributed by atoms with van der Waals surface area (Å²) < 4.78 is 6.16. The van der Waals surface area contributed by atoms with Crippen molar-refractivity contribution in [2.24, 2.45) is 0 Å². The first-order valence-corrected chi connectivity index (χ1v) is 5.51. The van der Waals surface area contributed by atoms with Crippen molar-refractivity contribution in [3.05, 3.63) is 40.2 Å². The van der Waals surface area contributed by atoms with E-state index >= 15 is 0 Å². The second-order valence-corrected chi connectivity index (χ2v) is 4.29. The first kappa shape index (κ1) is 11.2. The van der Waals surface area contributed by atoms with E-state index in [0.717, 1.165) is 0 Å². The third kappa shape index (κ3) is 2.62. The molecule has 0 bridgehead atoms. The molecule has 0 aliphatic heterocycles. The van der Waals surface area contributed by atoms with Crippen LogP contribution < -0.4 is 10.5 Å². The zero-order valence-corrected chi connectivity index (χ0v) is 10.4. The summed E-state index contributed by atoms with van der Waals surface area (Å²) in [6, 6.07) is 3.36. The molecule has 0 radical (unpaired) electrons. The van der Waals surface area contributed by atoms with Gasteiger partial charge in [0, 0.05) is 12.3 Å². The van der Waals surface area contributed by atoms with Crippen molar-refractivity contribution < 1.29 is 4.74 Å². The molecule has 2 aromatic heterocycles. The molecule has 2 rings (SSSR count). The predicted octanol–water partition coefficient (Wildman–Crippen LogP) is 3.27. The Morgan fingerprint density at radius 1 is 1.25 bits per heavy atom. The van der Waals surface area contributed by atoms with E-state index in [2.05, 4.69) is 25.9 Å². The van der Waals surface area contributed by atoms with E-state index in [9.17, 15) is 0 Å². The van der Waals surface area contributed by atoms with Crippen LogP contribution in [0.3, 0.4) is 0 Å².